The van der Waals surface area contributed by atoms with Gasteiger partial charge in [-0.3, -0.25) is 20.2 Å². The lowest BCUT2D eigenvalue weighted by Crippen LogP contribution is -2.17. The van der Waals surface area contributed by atoms with E-state index in [-0.39, 0.29) is 35.6 Å². The molecule has 0 bridgehead atoms. The summed E-state index contributed by atoms with van der Waals surface area (Å²) in [5, 5.41) is 49.4. The van der Waals surface area contributed by atoms with E-state index in [4.69, 9.17) is 21.1 Å². The zero-order valence-corrected chi connectivity index (χ0v) is 30.1. The number of non-ortho nitro benzene ring substituents is 2. The molecule has 0 amide bonds. The Balaban J connectivity index is 1.50. The van der Waals surface area contributed by atoms with E-state index in [1.54, 1.807) is 24.3 Å². The molecule has 0 unspecified atom stereocenters. The molecule has 0 saturated carbocycles. The number of benzene rings is 6. The van der Waals surface area contributed by atoms with Crippen LogP contribution in [0.3, 0.4) is 0 Å². The molecule has 0 aromatic heterocycles. The number of nitrogens with zero attached hydrogens (tertiary/aromatic N) is 10. The molecule has 2 heterocycles. The van der Waals surface area contributed by atoms with E-state index in [1.807, 2.05) is 78.9 Å². The van der Waals surface area contributed by atoms with Gasteiger partial charge in [-0.15, -0.1) is 0 Å². The van der Waals surface area contributed by atoms with E-state index < -0.39 is 9.85 Å². The van der Waals surface area contributed by atoms with Crippen molar-refractivity contribution < 1.29 is 19.3 Å². The summed E-state index contributed by atoms with van der Waals surface area (Å²) < 4.78 is 13.4. The molecule has 0 saturated heterocycles. The van der Waals surface area contributed by atoms with Crippen molar-refractivity contribution in [3.63, 3.8) is 0 Å². The fourth-order valence-electron chi connectivity index (χ4n) is 6.39. The molecule has 2 aliphatic rings. The van der Waals surface area contributed by atoms with E-state index in [2.05, 4.69) is 43.6 Å². The van der Waals surface area contributed by atoms with E-state index >= 15 is 0 Å². The van der Waals surface area contributed by atoms with Crippen LogP contribution in [-0.2, 0) is 0 Å². The van der Waals surface area contributed by atoms with Gasteiger partial charge >= 0.3 is 12.7 Å². The van der Waals surface area contributed by atoms with Crippen LogP contribution >= 0.6 is 11.6 Å². The average molecular weight is 777 g/mol. The standard InChI is InChI=1S/C40H25ClN10O6/c41-35-21-34(27-9-5-2-6-10-27)38(40(57-25-49-45-23-43-47-49)36(35)29-13-17-31(18-14-29)51(54)55)37-32(26-7-3-1-4-8-26)19-20-33(28-11-15-30(16-12-28)50(52)53)39(37)56-24-48-44-22-42-46-48/h1-21H,24-25H2/q+2. The number of nitro benzene ring substituents is 2. The fraction of sp³-hybridized carbons (Fsp3) is 0.0500. The summed E-state index contributed by atoms with van der Waals surface area (Å²) in [6.45, 7) is -0.449. The maximum Gasteiger partial charge on any atom is 0.598 e. The third-order valence-electron chi connectivity index (χ3n) is 8.92. The van der Waals surface area contributed by atoms with Crippen molar-refractivity contribution in [1.29, 1.82) is 0 Å². The average Bonchev–Trinajstić information content (AvgIpc) is 3.98. The van der Waals surface area contributed by atoms with Crippen molar-refractivity contribution in [1.82, 2.24) is 10.2 Å². The lowest BCUT2D eigenvalue weighted by molar-refractivity contribution is -0.385. The predicted octanol–water partition coefficient (Wildman–Crippen LogP) is 10.2. The molecular formula is C40H25ClN10O6+2. The molecule has 0 N–H and O–H groups in total. The topological polar surface area (TPSA) is 185 Å². The molecule has 276 valence electrons. The van der Waals surface area contributed by atoms with E-state index in [0.29, 0.717) is 50.3 Å². The number of hydrazone groups is 2. The van der Waals surface area contributed by atoms with Crippen LogP contribution in [0.1, 0.15) is 0 Å². The number of hydrogen-bond donors (Lipinski definition) is 0. The molecule has 0 radical (unpaired) electrons. The maximum atomic E-state index is 11.7. The Morgan fingerprint density at radius 3 is 1.51 bits per heavy atom. The highest BCUT2D eigenvalue weighted by molar-refractivity contribution is 6.34. The minimum atomic E-state index is -0.485. The molecule has 6 aromatic carbocycles. The van der Waals surface area contributed by atoms with Gasteiger partial charge in [-0.05, 0) is 69.8 Å². The largest absolute Gasteiger partial charge is 0.598 e. The van der Waals surface area contributed by atoms with Gasteiger partial charge in [0.2, 0.25) is 13.5 Å². The Bertz CT molecular complexity index is 2580. The van der Waals surface area contributed by atoms with E-state index in [1.165, 1.54) is 34.5 Å². The van der Waals surface area contributed by atoms with Crippen LogP contribution in [0.4, 0.5) is 11.4 Å². The lowest BCUT2D eigenvalue weighted by Gasteiger charge is -2.26. The number of rotatable bonds is 13. The first kappa shape index (κ1) is 36.0. The smallest absolute Gasteiger partial charge is 0.468 e. The number of ether oxygens (including phenoxy) is 2. The molecule has 0 aliphatic carbocycles. The molecule has 16 nitrogen and oxygen atoms in total. The second-order valence-electron chi connectivity index (χ2n) is 12.3. The summed E-state index contributed by atoms with van der Waals surface area (Å²) in [4.78, 5) is 22.4. The van der Waals surface area contributed by atoms with Gasteiger partial charge in [0.05, 0.1) is 14.9 Å². The Morgan fingerprint density at radius 2 is 1.00 bits per heavy atom. The summed E-state index contributed by atoms with van der Waals surface area (Å²) in [5.74, 6) is 0.580. The van der Waals surface area contributed by atoms with Crippen LogP contribution < -0.4 is 9.47 Å². The number of nitro groups is 2. The van der Waals surface area contributed by atoms with Gasteiger partial charge in [-0.25, -0.2) is 0 Å². The molecule has 0 fully saturated rings. The van der Waals surface area contributed by atoms with Crippen LogP contribution in [-0.4, -0.2) is 46.2 Å². The maximum absolute atomic E-state index is 11.7. The molecule has 2 aliphatic heterocycles. The first-order chi connectivity index (χ1) is 27.9. The highest BCUT2D eigenvalue weighted by atomic mass is 35.5. The van der Waals surface area contributed by atoms with Gasteiger partial charge in [-0.2, -0.15) is 0 Å². The van der Waals surface area contributed by atoms with E-state index in [0.717, 1.165) is 11.1 Å². The lowest BCUT2D eigenvalue weighted by atomic mass is 9.83. The molecular weight excluding hydrogens is 752 g/mol. The van der Waals surface area contributed by atoms with Gasteiger partial charge in [0.25, 0.3) is 11.4 Å². The second kappa shape index (κ2) is 15.8. The van der Waals surface area contributed by atoms with Crippen molar-refractivity contribution in [2.75, 3.05) is 13.5 Å². The quantitative estimate of drug-likeness (QED) is 0.0630. The summed E-state index contributed by atoms with van der Waals surface area (Å²) in [5.41, 5.74) is 5.85. The highest BCUT2D eigenvalue weighted by Crippen LogP contribution is 2.55. The summed E-state index contributed by atoms with van der Waals surface area (Å²) in [6.07, 6.45) is 4.86. The van der Waals surface area contributed by atoms with Crippen molar-refractivity contribution in [2.45, 2.75) is 0 Å². The molecule has 57 heavy (non-hydrogen) atoms. The summed E-state index contributed by atoms with van der Waals surface area (Å²) in [6, 6.07) is 36.8. The molecule has 6 aromatic rings. The SMILES string of the molecule is O=[N+]([O-])c1ccc(-c2ccc(-c3ccccc3)c(-c3c(-c4ccccc4)cc(Cl)c(-c4ccc([N+](=O)[O-])cc4)c3OCN3N=[C+]N=N3)c2OCN2N=[C+]N=N2)cc1. The monoisotopic (exact) mass is 776 g/mol. The van der Waals surface area contributed by atoms with Crippen molar-refractivity contribution in [3.05, 3.63) is 153 Å². The van der Waals surface area contributed by atoms with Gasteiger partial charge in [0, 0.05) is 57.0 Å². The Kier molecular flexibility index (Phi) is 9.94. The predicted molar refractivity (Wildman–Crippen MR) is 211 cm³/mol. The van der Waals surface area contributed by atoms with Crippen LogP contribution in [0, 0.1) is 20.2 Å². The van der Waals surface area contributed by atoms with Crippen molar-refractivity contribution >= 4 is 35.7 Å². The highest BCUT2D eigenvalue weighted by Gasteiger charge is 2.31. The molecule has 8 rings (SSSR count). The minimum Gasteiger partial charge on any atom is -0.468 e. The fourth-order valence-corrected chi connectivity index (χ4v) is 6.70. The summed E-state index contributed by atoms with van der Waals surface area (Å²) >= 11 is 7.25. The van der Waals surface area contributed by atoms with Gasteiger partial charge in [0.15, 0.2) is 10.2 Å². The number of hydrogen-bond acceptors (Lipinski definition) is 14. The van der Waals surface area contributed by atoms with Crippen LogP contribution in [0.5, 0.6) is 11.5 Å². The van der Waals surface area contributed by atoms with Gasteiger partial charge in [-0.1, -0.05) is 88.6 Å². The third-order valence-corrected chi connectivity index (χ3v) is 9.22. The van der Waals surface area contributed by atoms with Crippen LogP contribution in [0.15, 0.2) is 158 Å². The molecule has 0 atom stereocenters. The van der Waals surface area contributed by atoms with Gasteiger partial charge in [0.1, 0.15) is 21.7 Å². The second-order valence-corrected chi connectivity index (χ2v) is 12.7. The van der Waals surface area contributed by atoms with E-state index in [9.17, 15) is 20.2 Å². The first-order valence-corrected chi connectivity index (χ1v) is 17.4. The Labute approximate surface area is 328 Å². The van der Waals surface area contributed by atoms with Crippen LogP contribution in [0.2, 0.25) is 5.02 Å². The first-order valence-electron chi connectivity index (χ1n) is 17.0. The Hall–Kier alpha value is -8.03. The molecule has 0 spiro atoms. The zero-order chi connectivity index (χ0) is 39.3. The zero-order valence-electron chi connectivity index (χ0n) is 29.3. The Morgan fingerprint density at radius 1 is 0.544 bits per heavy atom. The third kappa shape index (κ3) is 7.41. The minimum absolute atomic E-state index is 0.0869. The van der Waals surface area contributed by atoms with Crippen LogP contribution in [0.25, 0.3) is 55.6 Å². The van der Waals surface area contributed by atoms with Crippen molar-refractivity contribution in [3.8, 4) is 67.1 Å². The summed E-state index contributed by atoms with van der Waals surface area (Å²) in [7, 11) is 0. The number of halogens is 1. The van der Waals surface area contributed by atoms with Gasteiger partial charge < -0.3 is 9.47 Å². The normalized spacial score (nSPS) is 12.4. The van der Waals surface area contributed by atoms with Crippen molar-refractivity contribution in [2.24, 2.45) is 30.9 Å². The molecule has 17 heteroatoms.